The van der Waals surface area contributed by atoms with Crippen LogP contribution in [-0.4, -0.2) is 62.3 Å². The summed E-state index contributed by atoms with van der Waals surface area (Å²) in [6, 6.07) is 17.1. The van der Waals surface area contributed by atoms with Crippen molar-refractivity contribution in [3.8, 4) is 11.5 Å². The molecule has 0 atom stereocenters. The van der Waals surface area contributed by atoms with Crippen molar-refractivity contribution in [1.82, 2.24) is 33.8 Å². The number of rotatable bonds is 6. The lowest BCUT2D eigenvalue weighted by molar-refractivity contribution is 0.102. The van der Waals surface area contributed by atoms with E-state index in [2.05, 4.69) is 25.5 Å². The first kappa shape index (κ1) is 23.3. The third-order valence-electron chi connectivity index (χ3n) is 5.51. The predicted octanol–water partition coefficient (Wildman–Crippen LogP) is 2.81. The summed E-state index contributed by atoms with van der Waals surface area (Å²) in [6.45, 7) is 1.80. The van der Waals surface area contributed by atoms with Crippen molar-refractivity contribution in [3.05, 3.63) is 84.4 Å². The van der Waals surface area contributed by atoms with Crippen LogP contribution in [0.1, 0.15) is 16.1 Å². The fraction of sp³-hybridized carbons (Fsp3) is 0.125. The summed E-state index contributed by atoms with van der Waals surface area (Å²) in [5.41, 5.74) is 2.40. The predicted molar refractivity (Wildman–Crippen MR) is 134 cm³/mol. The largest absolute Gasteiger partial charge is 0.306 e. The molecule has 11 nitrogen and oxygen atoms in total. The monoisotopic (exact) mass is 502 g/mol. The number of para-hydroxylation sites is 1. The van der Waals surface area contributed by atoms with Crippen molar-refractivity contribution in [2.75, 3.05) is 19.4 Å². The van der Waals surface area contributed by atoms with Gasteiger partial charge in [0.15, 0.2) is 11.5 Å². The lowest BCUT2D eigenvalue weighted by Gasteiger charge is -2.12. The van der Waals surface area contributed by atoms with Crippen LogP contribution < -0.4 is 5.32 Å². The van der Waals surface area contributed by atoms with Crippen molar-refractivity contribution in [1.29, 1.82) is 0 Å². The Morgan fingerprint density at radius 3 is 2.39 bits per heavy atom. The number of carbonyl (C=O) groups is 1. The molecule has 2 aromatic carbocycles. The molecule has 0 fully saturated rings. The molecule has 182 valence electrons. The molecule has 0 aliphatic carbocycles. The first-order valence-corrected chi connectivity index (χ1v) is 12.3. The van der Waals surface area contributed by atoms with Crippen LogP contribution in [0.15, 0.2) is 78.1 Å². The van der Waals surface area contributed by atoms with Gasteiger partial charge in [-0.1, -0.05) is 18.2 Å². The number of sulfonamides is 1. The molecule has 0 radical (unpaired) electrons. The third-order valence-corrected chi connectivity index (χ3v) is 7.34. The Morgan fingerprint density at radius 2 is 1.69 bits per heavy atom. The molecule has 36 heavy (non-hydrogen) atoms. The standard InChI is InChI=1S/C24H22N8O3S/c1-16-13-21(28-24(33)17-9-11-19(12-10-17)36(34,35)30(2)3)32(29-16)23-20-14-27-31(22(20)25-15-26-23)18-7-5-4-6-8-18/h4-15H,1-3H3,(H,28,33). The topological polar surface area (TPSA) is 128 Å². The maximum atomic E-state index is 13.0. The van der Waals surface area contributed by atoms with E-state index in [1.54, 1.807) is 23.9 Å². The Morgan fingerprint density at radius 1 is 0.972 bits per heavy atom. The van der Waals surface area contributed by atoms with Crippen LogP contribution in [0.4, 0.5) is 5.82 Å². The van der Waals surface area contributed by atoms with Crippen molar-refractivity contribution < 1.29 is 13.2 Å². The Kier molecular flexibility index (Phi) is 5.82. The molecule has 0 saturated carbocycles. The smallest absolute Gasteiger partial charge is 0.256 e. The minimum atomic E-state index is -3.59. The van der Waals surface area contributed by atoms with Crippen LogP contribution in [-0.2, 0) is 10.0 Å². The SMILES string of the molecule is Cc1cc(NC(=O)c2ccc(S(=O)(=O)N(C)C)cc2)n(-c2ncnc3c2cnn3-c2ccccc2)n1. The molecule has 12 heteroatoms. The van der Waals surface area contributed by atoms with Gasteiger partial charge in [0.25, 0.3) is 5.91 Å². The fourth-order valence-electron chi connectivity index (χ4n) is 3.69. The van der Waals surface area contributed by atoms with Crippen molar-refractivity contribution >= 4 is 32.8 Å². The second-order valence-electron chi connectivity index (χ2n) is 8.18. The highest BCUT2D eigenvalue weighted by molar-refractivity contribution is 7.89. The van der Waals surface area contributed by atoms with Gasteiger partial charge in [-0.3, -0.25) is 4.79 Å². The van der Waals surface area contributed by atoms with E-state index in [-0.39, 0.29) is 4.90 Å². The van der Waals surface area contributed by atoms with E-state index in [1.807, 2.05) is 30.3 Å². The fourth-order valence-corrected chi connectivity index (χ4v) is 4.59. The number of aromatic nitrogens is 6. The number of aryl methyl sites for hydroxylation is 1. The third kappa shape index (κ3) is 4.12. The lowest BCUT2D eigenvalue weighted by atomic mass is 10.2. The molecule has 1 amide bonds. The highest BCUT2D eigenvalue weighted by Crippen LogP contribution is 2.24. The minimum Gasteiger partial charge on any atom is -0.306 e. The van der Waals surface area contributed by atoms with E-state index in [9.17, 15) is 13.2 Å². The van der Waals surface area contributed by atoms with Gasteiger partial charge in [-0.15, -0.1) is 0 Å². The van der Waals surface area contributed by atoms with Crippen LogP contribution in [0, 0.1) is 6.92 Å². The van der Waals surface area contributed by atoms with E-state index in [0.29, 0.717) is 33.9 Å². The Labute approximate surface area is 207 Å². The molecule has 5 rings (SSSR count). The highest BCUT2D eigenvalue weighted by Gasteiger charge is 2.20. The first-order chi connectivity index (χ1) is 17.3. The first-order valence-electron chi connectivity index (χ1n) is 10.9. The number of hydrogen-bond acceptors (Lipinski definition) is 7. The van der Waals surface area contributed by atoms with E-state index >= 15 is 0 Å². The molecular formula is C24H22N8O3S. The maximum absolute atomic E-state index is 13.0. The van der Waals surface area contributed by atoms with E-state index in [0.717, 1.165) is 9.99 Å². The number of carbonyl (C=O) groups excluding carboxylic acids is 1. The summed E-state index contributed by atoms with van der Waals surface area (Å²) in [5, 5.41) is 12.5. The number of benzene rings is 2. The van der Waals surface area contributed by atoms with E-state index in [4.69, 9.17) is 0 Å². The molecule has 0 saturated heterocycles. The normalized spacial score (nSPS) is 11.8. The number of amides is 1. The van der Waals surface area contributed by atoms with Gasteiger partial charge in [0.2, 0.25) is 10.0 Å². The van der Waals surface area contributed by atoms with Gasteiger partial charge in [0.1, 0.15) is 12.1 Å². The lowest BCUT2D eigenvalue weighted by Crippen LogP contribution is -2.22. The molecule has 0 unspecified atom stereocenters. The molecule has 1 N–H and O–H groups in total. The maximum Gasteiger partial charge on any atom is 0.256 e. The van der Waals surface area contributed by atoms with Crippen LogP contribution in [0.25, 0.3) is 22.5 Å². The molecular weight excluding hydrogens is 480 g/mol. The molecule has 5 aromatic rings. The summed E-state index contributed by atoms with van der Waals surface area (Å²) < 4.78 is 29.0. The quantitative estimate of drug-likeness (QED) is 0.378. The highest BCUT2D eigenvalue weighted by atomic mass is 32.2. The van der Waals surface area contributed by atoms with E-state index in [1.165, 1.54) is 49.4 Å². The van der Waals surface area contributed by atoms with Gasteiger partial charge in [-0.2, -0.15) is 14.9 Å². The Hall–Kier alpha value is -4.42. The summed E-state index contributed by atoms with van der Waals surface area (Å²) in [6.07, 6.45) is 3.08. The molecule has 3 aromatic heterocycles. The molecule has 0 aliphatic heterocycles. The molecule has 0 bridgehead atoms. The van der Waals surface area contributed by atoms with Crippen LogP contribution >= 0.6 is 0 Å². The van der Waals surface area contributed by atoms with E-state index < -0.39 is 15.9 Å². The zero-order valence-corrected chi connectivity index (χ0v) is 20.5. The number of nitrogens with zero attached hydrogens (tertiary/aromatic N) is 7. The van der Waals surface area contributed by atoms with Gasteiger partial charge in [-0.25, -0.2) is 27.4 Å². The summed E-state index contributed by atoms with van der Waals surface area (Å²) in [7, 11) is -0.688. The average molecular weight is 503 g/mol. The zero-order chi connectivity index (χ0) is 25.4. The Balaban J connectivity index is 1.48. The summed E-state index contributed by atoms with van der Waals surface area (Å²) in [4.78, 5) is 21.9. The molecule has 0 aliphatic rings. The number of anilines is 1. The average Bonchev–Trinajstić information content (AvgIpc) is 3.47. The Bertz CT molecular complexity index is 1670. The van der Waals surface area contributed by atoms with Crippen molar-refractivity contribution in [3.63, 3.8) is 0 Å². The second-order valence-corrected chi connectivity index (χ2v) is 10.3. The van der Waals surface area contributed by atoms with Crippen molar-refractivity contribution in [2.45, 2.75) is 11.8 Å². The van der Waals surface area contributed by atoms with Gasteiger partial charge in [0, 0.05) is 25.7 Å². The van der Waals surface area contributed by atoms with Gasteiger partial charge in [0.05, 0.1) is 27.9 Å². The second kappa shape index (κ2) is 8.98. The van der Waals surface area contributed by atoms with Crippen molar-refractivity contribution in [2.24, 2.45) is 0 Å². The number of nitrogens with one attached hydrogen (secondary N) is 1. The van der Waals surface area contributed by atoms with Crippen LogP contribution in [0.2, 0.25) is 0 Å². The van der Waals surface area contributed by atoms with Gasteiger partial charge < -0.3 is 5.32 Å². The number of fused-ring (bicyclic) bond motifs is 1. The van der Waals surface area contributed by atoms with Crippen LogP contribution in [0.5, 0.6) is 0 Å². The van der Waals surface area contributed by atoms with Gasteiger partial charge in [-0.05, 0) is 43.3 Å². The van der Waals surface area contributed by atoms with Gasteiger partial charge >= 0.3 is 0 Å². The zero-order valence-electron chi connectivity index (χ0n) is 19.7. The summed E-state index contributed by atoms with van der Waals surface area (Å²) >= 11 is 0. The minimum absolute atomic E-state index is 0.101. The molecule has 0 spiro atoms. The summed E-state index contributed by atoms with van der Waals surface area (Å²) in [5.74, 6) is 0.434. The number of hydrogen-bond donors (Lipinski definition) is 1. The van der Waals surface area contributed by atoms with Crippen LogP contribution in [0.3, 0.4) is 0 Å². The molecule has 3 heterocycles.